The van der Waals surface area contributed by atoms with Crippen molar-refractivity contribution in [2.45, 2.75) is 6.61 Å². The summed E-state index contributed by atoms with van der Waals surface area (Å²) in [5.74, 6) is 0. The highest BCUT2D eigenvalue weighted by molar-refractivity contribution is 6.30. The van der Waals surface area contributed by atoms with E-state index in [1.807, 2.05) is 0 Å². The van der Waals surface area contributed by atoms with Crippen molar-refractivity contribution < 1.29 is 10.0 Å². The van der Waals surface area contributed by atoms with Crippen molar-refractivity contribution in [1.82, 2.24) is 9.78 Å². The van der Waals surface area contributed by atoms with E-state index < -0.39 is 4.92 Å². The number of nitro groups is 1. The predicted molar refractivity (Wildman–Crippen MR) is 61.2 cm³/mol. The Morgan fingerprint density at radius 1 is 1.47 bits per heavy atom. The zero-order chi connectivity index (χ0) is 12.4. The second-order valence-corrected chi connectivity index (χ2v) is 3.74. The van der Waals surface area contributed by atoms with Crippen LogP contribution in [0.3, 0.4) is 0 Å². The van der Waals surface area contributed by atoms with Crippen LogP contribution in [0.25, 0.3) is 5.69 Å². The Kier molecular flexibility index (Phi) is 3.08. The zero-order valence-corrected chi connectivity index (χ0v) is 9.33. The number of halogens is 1. The molecule has 0 amide bonds. The highest BCUT2D eigenvalue weighted by Crippen LogP contribution is 2.25. The molecule has 0 saturated carbocycles. The fourth-order valence-corrected chi connectivity index (χ4v) is 1.58. The molecule has 0 aliphatic carbocycles. The lowest BCUT2D eigenvalue weighted by Gasteiger charge is -2.03. The molecule has 6 nitrogen and oxygen atoms in total. The first-order chi connectivity index (χ1) is 8.11. The molecule has 0 atom stereocenters. The van der Waals surface area contributed by atoms with Gasteiger partial charge in [0.1, 0.15) is 5.69 Å². The van der Waals surface area contributed by atoms with Crippen LogP contribution in [-0.2, 0) is 6.61 Å². The Morgan fingerprint density at radius 2 is 2.24 bits per heavy atom. The summed E-state index contributed by atoms with van der Waals surface area (Å²) in [6, 6.07) is 5.79. The Balaban J connectivity index is 2.56. The van der Waals surface area contributed by atoms with Crippen LogP contribution >= 0.6 is 11.6 Å². The molecule has 0 spiro atoms. The number of benzene rings is 1. The summed E-state index contributed by atoms with van der Waals surface area (Å²) >= 11 is 5.80. The normalized spacial score (nSPS) is 10.5. The van der Waals surface area contributed by atoms with Crippen molar-refractivity contribution in [3.05, 3.63) is 51.3 Å². The number of aromatic nitrogens is 2. The molecule has 0 aliphatic heterocycles. The molecule has 2 rings (SSSR count). The van der Waals surface area contributed by atoms with Crippen LogP contribution in [0.5, 0.6) is 0 Å². The standard InChI is InChI=1S/C10H8ClN3O3/c11-7-1-2-9(14(16)17)10(5-7)13-4-3-8(6-15)12-13/h1-5,15H,6H2. The molecule has 0 aliphatic rings. The minimum atomic E-state index is -0.508. The maximum atomic E-state index is 10.9. The maximum absolute atomic E-state index is 10.9. The van der Waals surface area contributed by atoms with Crippen molar-refractivity contribution in [2.24, 2.45) is 0 Å². The summed E-state index contributed by atoms with van der Waals surface area (Å²) < 4.78 is 1.32. The van der Waals surface area contributed by atoms with E-state index in [9.17, 15) is 10.1 Å². The van der Waals surface area contributed by atoms with Gasteiger partial charge >= 0.3 is 0 Å². The van der Waals surface area contributed by atoms with E-state index in [-0.39, 0.29) is 18.0 Å². The Bertz CT molecular complexity index is 568. The molecule has 0 saturated heterocycles. The average molecular weight is 254 g/mol. The third-order valence-electron chi connectivity index (χ3n) is 2.19. The van der Waals surface area contributed by atoms with E-state index in [1.165, 1.54) is 29.1 Å². The van der Waals surface area contributed by atoms with Crippen LogP contribution in [0, 0.1) is 10.1 Å². The van der Waals surface area contributed by atoms with Crippen LogP contribution in [0.2, 0.25) is 5.02 Å². The lowest BCUT2D eigenvalue weighted by molar-refractivity contribution is -0.384. The average Bonchev–Trinajstić information content (AvgIpc) is 2.76. The minimum Gasteiger partial charge on any atom is -0.390 e. The van der Waals surface area contributed by atoms with Gasteiger partial charge in [-0.05, 0) is 18.2 Å². The molecule has 1 heterocycles. The largest absolute Gasteiger partial charge is 0.390 e. The predicted octanol–water partition coefficient (Wildman–Crippen LogP) is 1.93. The van der Waals surface area contributed by atoms with Gasteiger partial charge in [-0.15, -0.1) is 0 Å². The highest BCUT2D eigenvalue weighted by atomic mass is 35.5. The van der Waals surface area contributed by atoms with Crippen LogP contribution in [0.1, 0.15) is 5.69 Å². The first kappa shape index (κ1) is 11.6. The SMILES string of the molecule is O=[N+]([O-])c1ccc(Cl)cc1-n1ccc(CO)n1. The minimum absolute atomic E-state index is 0.0954. The van der Waals surface area contributed by atoms with Gasteiger partial charge in [-0.1, -0.05) is 11.6 Å². The smallest absolute Gasteiger partial charge is 0.294 e. The Hall–Kier alpha value is -1.92. The summed E-state index contributed by atoms with van der Waals surface area (Å²) in [6.45, 7) is -0.221. The number of rotatable bonds is 3. The molecule has 0 radical (unpaired) electrons. The first-order valence-corrected chi connectivity index (χ1v) is 5.09. The molecule has 1 N–H and O–H groups in total. The molecule has 1 aromatic carbocycles. The fraction of sp³-hybridized carbons (Fsp3) is 0.100. The van der Waals surface area contributed by atoms with E-state index in [0.29, 0.717) is 10.7 Å². The molecule has 88 valence electrons. The molecule has 0 unspecified atom stereocenters. The van der Waals surface area contributed by atoms with Gasteiger partial charge in [0, 0.05) is 17.3 Å². The van der Waals surface area contributed by atoms with Gasteiger partial charge in [0.2, 0.25) is 0 Å². The Morgan fingerprint density at radius 3 is 2.82 bits per heavy atom. The molecular formula is C10H8ClN3O3. The van der Waals surface area contributed by atoms with Gasteiger partial charge in [0.15, 0.2) is 0 Å². The summed E-state index contributed by atoms with van der Waals surface area (Å²) in [7, 11) is 0. The monoisotopic (exact) mass is 253 g/mol. The number of hydrogen-bond acceptors (Lipinski definition) is 4. The van der Waals surface area contributed by atoms with Crippen LogP contribution < -0.4 is 0 Å². The van der Waals surface area contributed by atoms with Gasteiger partial charge in [0.25, 0.3) is 5.69 Å². The van der Waals surface area contributed by atoms with Crippen molar-refractivity contribution in [3.63, 3.8) is 0 Å². The van der Waals surface area contributed by atoms with Crippen molar-refractivity contribution >= 4 is 17.3 Å². The third-order valence-corrected chi connectivity index (χ3v) is 2.42. The highest BCUT2D eigenvalue weighted by Gasteiger charge is 2.16. The number of aliphatic hydroxyl groups is 1. The lowest BCUT2D eigenvalue weighted by atomic mass is 10.3. The van der Waals surface area contributed by atoms with Crippen molar-refractivity contribution in [3.8, 4) is 5.69 Å². The van der Waals surface area contributed by atoms with Crippen LogP contribution in [0.15, 0.2) is 30.5 Å². The number of aliphatic hydroxyl groups excluding tert-OH is 1. The summed E-state index contributed by atoms with van der Waals surface area (Å²) in [5.41, 5.74) is 0.600. The quantitative estimate of drug-likeness (QED) is 0.669. The summed E-state index contributed by atoms with van der Waals surface area (Å²) in [6.07, 6.45) is 1.53. The second kappa shape index (κ2) is 4.52. The van der Waals surface area contributed by atoms with Crippen molar-refractivity contribution in [2.75, 3.05) is 0 Å². The van der Waals surface area contributed by atoms with E-state index >= 15 is 0 Å². The van der Waals surface area contributed by atoms with Gasteiger partial charge < -0.3 is 5.11 Å². The van der Waals surface area contributed by atoms with E-state index in [1.54, 1.807) is 6.07 Å². The Labute approximate surface area is 101 Å². The van der Waals surface area contributed by atoms with E-state index in [4.69, 9.17) is 16.7 Å². The van der Waals surface area contributed by atoms with Gasteiger partial charge in [0.05, 0.1) is 17.2 Å². The second-order valence-electron chi connectivity index (χ2n) is 3.30. The van der Waals surface area contributed by atoms with E-state index in [0.717, 1.165) is 0 Å². The zero-order valence-electron chi connectivity index (χ0n) is 8.58. The maximum Gasteiger partial charge on any atom is 0.294 e. The molecule has 17 heavy (non-hydrogen) atoms. The third kappa shape index (κ3) is 2.27. The topological polar surface area (TPSA) is 81.2 Å². The molecule has 0 fully saturated rings. The lowest BCUT2D eigenvalue weighted by Crippen LogP contribution is -2.01. The van der Waals surface area contributed by atoms with Crippen LogP contribution in [-0.4, -0.2) is 19.8 Å². The van der Waals surface area contributed by atoms with Crippen molar-refractivity contribution in [1.29, 1.82) is 0 Å². The van der Waals surface area contributed by atoms with Crippen LogP contribution in [0.4, 0.5) is 5.69 Å². The van der Waals surface area contributed by atoms with Gasteiger partial charge in [-0.3, -0.25) is 10.1 Å². The fourth-order valence-electron chi connectivity index (χ4n) is 1.41. The van der Waals surface area contributed by atoms with Gasteiger partial charge in [-0.2, -0.15) is 5.10 Å². The summed E-state index contributed by atoms with van der Waals surface area (Å²) in [5, 5.41) is 24.1. The number of nitro benzene ring substituents is 1. The number of hydrogen-bond donors (Lipinski definition) is 1. The molecule has 0 bridgehead atoms. The molecular weight excluding hydrogens is 246 g/mol. The molecule has 7 heteroatoms. The molecule has 1 aromatic heterocycles. The van der Waals surface area contributed by atoms with E-state index in [2.05, 4.69) is 5.10 Å². The van der Waals surface area contributed by atoms with Gasteiger partial charge in [-0.25, -0.2) is 4.68 Å². The summed E-state index contributed by atoms with van der Waals surface area (Å²) in [4.78, 5) is 10.3. The molecule has 2 aromatic rings. The number of nitrogens with zero attached hydrogens (tertiary/aromatic N) is 3. The first-order valence-electron chi connectivity index (χ1n) is 4.71.